The standard InChI is InChI=1S/C22H24N4O.2ClH/c1-22(2)14-26(11-9-20(22)23)21(27)17-12-19(15-6-5-10-24-13-15)25-18-8-4-3-7-16(17)18;;/h3-8,10,12-13,20H,9,11,14,23H2,1-2H3;2*1H. The zero-order chi connectivity index (χ0) is 19.0. The summed E-state index contributed by atoms with van der Waals surface area (Å²) in [4.78, 5) is 24.3. The predicted octanol–water partition coefficient (Wildman–Crippen LogP) is 4.34. The zero-order valence-corrected chi connectivity index (χ0v) is 18.2. The number of carbonyl (C=O) groups is 1. The minimum absolute atomic E-state index is 0. The average molecular weight is 433 g/mol. The number of likely N-dealkylation sites (tertiary alicyclic amines) is 1. The molecule has 1 aliphatic heterocycles. The molecule has 5 nitrogen and oxygen atoms in total. The topological polar surface area (TPSA) is 72.1 Å². The fourth-order valence-electron chi connectivity index (χ4n) is 3.73. The van der Waals surface area contributed by atoms with E-state index in [2.05, 4.69) is 18.8 Å². The largest absolute Gasteiger partial charge is 0.338 e. The van der Waals surface area contributed by atoms with Gasteiger partial charge in [-0.25, -0.2) is 4.98 Å². The van der Waals surface area contributed by atoms with Crippen LogP contribution in [0.3, 0.4) is 0 Å². The minimum atomic E-state index is -0.0943. The Morgan fingerprint density at radius 3 is 2.62 bits per heavy atom. The summed E-state index contributed by atoms with van der Waals surface area (Å²) in [5, 5.41) is 0.878. The quantitative estimate of drug-likeness (QED) is 0.653. The van der Waals surface area contributed by atoms with E-state index < -0.39 is 0 Å². The zero-order valence-electron chi connectivity index (χ0n) is 16.5. The third-order valence-electron chi connectivity index (χ3n) is 5.50. The normalized spacial score (nSPS) is 17.9. The number of pyridine rings is 2. The van der Waals surface area contributed by atoms with Crippen LogP contribution in [0.1, 0.15) is 30.6 Å². The molecule has 1 aromatic carbocycles. The second kappa shape index (κ2) is 9.08. The highest BCUT2D eigenvalue weighted by Gasteiger charge is 2.36. The molecule has 0 spiro atoms. The highest BCUT2D eigenvalue weighted by molar-refractivity contribution is 6.07. The van der Waals surface area contributed by atoms with Crippen molar-refractivity contribution in [3.63, 3.8) is 0 Å². The molecule has 7 heteroatoms. The number of nitrogens with zero attached hydrogens (tertiary/aromatic N) is 3. The lowest BCUT2D eigenvalue weighted by Crippen LogP contribution is -2.54. The van der Waals surface area contributed by atoms with Crippen molar-refractivity contribution in [3.8, 4) is 11.3 Å². The Hall–Kier alpha value is -2.21. The van der Waals surface area contributed by atoms with Crippen LogP contribution in [-0.2, 0) is 0 Å². The summed E-state index contributed by atoms with van der Waals surface area (Å²) in [6.07, 6.45) is 4.32. The molecule has 1 unspecified atom stereocenters. The first-order valence-electron chi connectivity index (χ1n) is 9.31. The Balaban J connectivity index is 0.00000150. The smallest absolute Gasteiger partial charge is 0.254 e. The van der Waals surface area contributed by atoms with E-state index in [1.807, 2.05) is 47.4 Å². The first-order valence-corrected chi connectivity index (χ1v) is 9.31. The number of hydrogen-bond acceptors (Lipinski definition) is 4. The molecule has 2 aromatic heterocycles. The average Bonchev–Trinajstić information content (AvgIpc) is 2.69. The summed E-state index contributed by atoms with van der Waals surface area (Å²) in [5.41, 5.74) is 9.32. The fraction of sp³-hybridized carbons (Fsp3) is 0.318. The van der Waals surface area contributed by atoms with Gasteiger partial charge in [-0.05, 0) is 36.1 Å². The number of halogens is 2. The molecule has 154 valence electrons. The van der Waals surface area contributed by atoms with Crippen molar-refractivity contribution in [2.45, 2.75) is 26.3 Å². The Kier molecular flexibility index (Phi) is 7.22. The maximum atomic E-state index is 13.4. The van der Waals surface area contributed by atoms with E-state index in [9.17, 15) is 4.79 Å². The number of piperidine rings is 1. The van der Waals surface area contributed by atoms with Crippen LogP contribution in [0.25, 0.3) is 22.2 Å². The molecule has 1 saturated heterocycles. The van der Waals surface area contributed by atoms with Crippen molar-refractivity contribution in [2.24, 2.45) is 11.1 Å². The van der Waals surface area contributed by atoms with Crippen LogP contribution in [-0.4, -0.2) is 39.9 Å². The summed E-state index contributed by atoms with van der Waals surface area (Å²) in [7, 11) is 0. The molecule has 0 saturated carbocycles. The van der Waals surface area contributed by atoms with E-state index in [0.29, 0.717) is 18.7 Å². The number of aromatic nitrogens is 2. The van der Waals surface area contributed by atoms with Gasteiger partial charge in [0.05, 0.1) is 16.8 Å². The molecule has 0 aliphatic carbocycles. The second-order valence-corrected chi connectivity index (χ2v) is 7.92. The second-order valence-electron chi connectivity index (χ2n) is 7.92. The molecule has 1 fully saturated rings. The van der Waals surface area contributed by atoms with Crippen molar-refractivity contribution in [1.29, 1.82) is 0 Å². The van der Waals surface area contributed by atoms with Gasteiger partial charge in [0, 0.05) is 42.5 Å². The first kappa shape index (κ1) is 23.1. The molecule has 0 bridgehead atoms. The summed E-state index contributed by atoms with van der Waals surface area (Å²) in [5.74, 6) is 0.0405. The Labute approximate surface area is 183 Å². The number of para-hydroxylation sites is 1. The van der Waals surface area contributed by atoms with Crippen LogP contribution in [0.4, 0.5) is 0 Å². The third-order valence-corrected chi connectivity index (χ3v) is 5.50. The van der Waals surface area contributed by atoms with Gasteiger partial charge in [-0.3, -0.25) is 9.78 Å². The summed E-state index contributed by atoms with van der Waals surface area (Å²) in [6.45, 7) is 5.60. The first-order chi connectivity index (χ1) is 13.0. The van der Waals surface area contributed by atoms with E-state index >= 15 is 0 Å². The van der Waals surface area contributed by atoms with Crippen LogP contribution in [0.5, 0.6) is 0 Å². The number of hydrogen-bond donors (Lipinski definition) is 1. The van der Waals surface area contributed by atoms with Gasteiger partial charge in [0.1, 0.15) is 0 Å². The predicted molar refractivity (Wildman–Crippen MR) is 122 cm³/mol. The van der Waals surface area contributed by atoms with Crippen LogP contribution in [0.15, 0.2) is 54.9 Å². The molecule has 3 aromatic rings. The van der Waals surface area contributed by atoms with Gasteiger partial charge in [-0.1, -0.05) is 32.0 Å². The molecular formula is C22H26Cl2N4O. The van der Waals surface area contributed by atoms with Gasteiger partial charge in [-0.2, -0.15) is 0 Å². The maximum Gasteiger partial charge on any atom is 0.254 e. The molecular weight excluding hydrogens is 407 g/mol. The molecule has 4 rings (SSSR count). The molecule has 2 N–H and O–H groups in total. The van der Waals surface area contributed by atoms with Gasteiger partial charge in [0.15, 0.2) is 0 Å². The summed E-state index contributed by atoms with van der Waals surface area (Å²) < 4.78 is 0. The molecule has 1 aliphatic rings. The van der Waals surface area contributed by atoms with Crippen LogP contribution in [0.2, 0.25) is 0 Å². The van der Waals surface area contributed by atoms with Crippen molar-refractivity contribution in [2.75, 3.05) is 13.1 Å². The Morgan fingerprint density at radius 1 is 1.17 bits per heavy atom. The van der Waals surface area contributed by atoms with Crippen LogP contribution in [0, 0.1) is 5.41 Å². The van der Waals surface area contributed by atoms with Crippen LogP contribution < -0.4 is 5.73 Å². The highest BCUT2D eigenvalue weighted by Crippen LogP contribution is 2.31. The molecule has 1 amide bonds. The SMILES string of the molecule is CC1(C)CN(C(=O)c2cc(-c3cccnc3)nc3ccccc23)CCC1N.Cl.Cl. The monoisotopic (exact) mass is 432 g/mol. The van der Waals surface area contributed by atoms with Crippen molar-refractivity contribution in [3.05, 3.63) is 60.4 Å². The van der Waals surface area contributed by atoms with Crippen molar-refractivity contribution < 1.29 is 4.79 Å². The Bertz CT molecular complexity index is 995. The number of benzene rings is 1. The lowest BCUT2D eigenvalue weighted by atomic mass is 9.79. The fourth-order valence-corrected chi connectivity index (χ4v) is 3.73. The van der Waals surface area contributed by atoms with E-state index in [1.165, 1.54) is 0 Å². The summed E-state index contributed by atoms with van der Waals surface area (Å²) in [6, 6.07) is 13.6. The van der Waals surface area contributed by atoms with Gasteiger partial charge in [0.25, 0.3) is 5.91 Å². The van der Waals surface area contributed by atoms with E-state index in [-0.39, 0.29) is 42.2 Å². The highest BCUT2D eigenvalue weighted by atomic mass is 35.5. The Morgan fingerprint density at radius 2 is 1.93 bits per heavy atom. The number of fused-ring (bicyclic) bond motifs is 1. The number of carbonyl (C=O) groups excluding carboxylic acids is 1. The number of rotatable bonds is 2. The minimum Gasteiger partial charge on any atom is -0.338 e. The number of nitrogens with two attached hydrogens (primary N) is 1. The van der Waals surface area contributed by atoms with E-state index in [0.717, 1.165) is 28.6 Å². The van der Waals surface area contributed by atoms with Gasteiger partial charge in [-0.15, -0.1) is 24.8 Å². The van der Waals surface area contributed by atoms with Crippen molar-refractivity contribution >= 4 is 41.6 Å². The van der Waals surface area contributed by atoms with Gasteiger partial charge in [0.2, 0.25) is 0 Å². The third kappa shape index (κ3) is 4.53. The van der Waals surface area contributed by atoms with Gasteiger partial charge < -0.3 is 10.6 Å². The molecule has 3 heterocycles. The van der Waals surface area contributed by atoms with Crippen LogP contribution >= 0.6 is 24.8 Å². The molecule has 29 heavy (non-hydrogen) atoms. The molecule has 0 radical (unpaired) electrons. The lowest BCUT2D eigenvalue weighted by Gasteiger charge is -2.42. The summed E-state index contributed by atoms with van der Waals surface area (Å²) >= 11 is 0. The van der Waals surface area contributed by atoms with Crippen molar-refractivity contribution in [1.82, 2.24) is 14.9 Å². The van der Waals surface area contributed by atoms with Gasteiger partial charge >= 0.3 is 0 Å². The maximum absolute atomic E-state index is 13.4. The lowest BCUT2D eigenvalue weighted by molar-refractivity contribution is 0.0535. The van der Waals surface area contributed by atoms with E-state index in [4.69, 9.17) is 10.7 Å². The number of amides is 1. The van der Waals surface area contributed by atoms with E-state index in [1.54, 1.807) is 12.4 Å². The molecule has 1 atom stereocenters.